The maximum absolute atomic E-state index is 11.0. The summed E-state index contributed by atoms with van der Waals surface area (Å²) in [5.74, 6) is -12.5. The van der Waals surface area contributed by atoms with Crippen molar-refractivity contribution in [3.05, 3.63) is 0 Å². The van der Waals surface area contributed by atoms with E-state index < -0.39 is 19.2 Å². The molecular formula is C2F6HgO2P. The summed E-state index contributed by atoms with van der Waals surface area (Å²) in [6.45, 7) is 0. The Morgan fingerprint density at radius 2 is 1.08 bits per heavy atom. The molecule has 0 aromatic heterocycles. The van der Waals surface area contributed by atoms with Gasteiger partial charge in [0.2, 0.25) is 7.37 Å². The van der Waals surface area contributed by atoms with Crippen LogP contribution < -0.4 is 4.89 Å². The summed E-state index contributed by atoms with van der Waals surface area (Å²) >= 11 is 0. The summed E-state index contributed by atoms with van der Waals surface area (Å²) in [5.41, 5.74) is 0. The minimum absolute atomic E-state index is 0. The van der Waals surface area contributed by atoms with E-state index in [2.05, 4.69) is 0 Å². The first-order valence-electron chi connectivity index (χ1n) is 1.95. The molecule has 0 rings (SSSR count). The van der Waals surface area contributed by atoms with Gasteiger partial charge < -0.3 is 9.46 Å². The van der Waals surface area contributed by atoms with Gasteiger partial charge in [0.05, 0.1) is 0 Å². The third-order valence-corrected chi connectivity index (χ3v) is 2.00. The first-order chi connectivity index (χ1) is 4.50. The molecule has 0 heterocycles. The number of rotatable bonds is 0. The quantitative estimate of drug-likeness (QED) is 0.352. The fraction of sp³-hybridized carbons (Fsp3) is 1.00. The van der Waals surface area contributed by atoms with Gasteiger partial charge in [-0.1, -0.05) is 0 Å². The zero-order chi connectivity index (χ0) is 9.50. The molecule has 12 heavy (non-hydrogen) atoms. The van der Waals surface area contributed by atoms with E-state index in [9.17, 15) is 35.8 Å². The van der Waals surface area contributed by atoms with Gasteiger partial charge in [0.15, 0.2) is 0 Å². The van der Waals surface area contributed by atoms with Crippen LogP contribution >= 0.6 is 7.37 Å². The Kier molecular flexibility index (Phi) is 4.85. The van der Waals surface area contributed by atoms with E-state index in [1.165, 1.54) is 0 Å². The van der Waals surface area contributed by atoms with Crippen molar-refractivity contribution in [2.75, 3.05) is 0 Å². The van der Waals surface area contributed by atoms with E-state index in [1.54, 1.807) is 0 Å². The third kappa shape index (κ3) is 2.88. The summed E-state index contributed by atoms with van der Waals surface area (Å²) in [4.78, 5) is 9.45. The smallest absolute Gasteiger partial charge is 0.787 e. The van der Waals surface area contributed by atoms with Gasteiger partial charge in [0.1, 0.15) is 0 Å². The van der Waals surface area contributed by atoms with Gasteiger partial charge in [-0.25, -0.2) is 0 Å². The number of hydrogen-bond acceptors (Lipinski definition) is 2. The molecule has 0 aromatic rings. The average molecular weight is 402 g/mol. The topological polar surface area (TPSA) is 40.1 Å². The number of halogens is 6. The maximum Gasteiger partial charge on any atom is 1.00 e. The first kappa shape index (κ1) is 15.2. The minimum atomic E-state index is -7.31. The van der Waals surface area contributed by atoms with Gasteiger partial charge in [0.25, 0.3) is 0 Å². The van der Waals surface area contributed by atoms with Crippen LogP contribution in [-0.4, -0.2) is 11.8 Å². The van der Waals surface area contributed by atoms with Gasteiger partial charge >= 0.3 is 39.5 Å². The van der Waals surface area contributed by atoms with Crippen LogP contribution in [-0.2, 0) is 32.2 Å². The predicted molar refractivity (Wildman–Crippen MR) is 19.7 cm³/mol. The van der Waals surface area contributed by atoms with Crippen LogP contribution in [0.15, 0.2) is 0 Å². The van der Waals surface area contributed by atoms with Crippen LogP contribution in [0.4, 0.5) is 26.3 Å². The van der Waals surface area contributed by atoms with Crippen LogP contribution in [0.5, 0.6) is 0 Å². The molecule has 0 aromatic carbocycles. The first-order valence-corrected chi connectivity index (χ1v) is 3.57. The van der Waals surface area contributed by atoms with Gasteiger partial charge in [-0.3, -0.25) is 0 Å². The molecule has 10 heteroatoms. The predicted octanol–water partition coefficient (Wildman–Crippen LogP) is 1.66. The van der Waals surface area contributed by atoms with Crippen molar-refractivity contribution in [3.63, 3.8) is 0 Å². The molecule has 0 aliphatic rings. The van der Waals surface area contributed by atoms with Crippen molar-refractivity contribution < 1.29 is 63.5 Å². The van der Waals surface area contributed by atoms with Crippen LogP contribution in [0.3, 0.4) is 0 Å². The second-order valence-electron chi connectivity index (χ2n) is 1.49. The molecule has 0 spiro atoms. The normalized spacial score (nSPS) is 13.9. The second kappa shape index (κ2) is 3.83. The Hall–Kier alpha value is 0.705. The molecule has 2 nitrogen and oxygen atoms in total. The van der Waals surface area contributed by atoms with Gasteiger partial charge in [-0.15, -0.1) is 0 Å². The molecule has 0 amide bonds. The van der Waals surface area contributed by atoms with E-state index >= 15 is 0 Å². The zero-order valence-electron chi connectivity index (χ0n) is 5.24. The summed E-state index contributed by atoms with van der Waals surface area (Å²) in [6.07, 6.45) is 0. The Morgan fingerprint density at radius 3 is 1.08 bits per heavy atom. The Morgan fingerprint density at radius 1 is 0.917 bits per heavy atom. The Balaban J connectivity index is 0. The molecule has 0 saturated heterocycles. The Bertz CT molecular complexity index is 177. The van der Waals surface area contributed by atoms with Crippen LogP contribution in [0.1, 0.15) is 0 Å². The van der Waals surface area contributed by atoms with Gasteiger partial charge in [-0.05, 0) is 0 Å². The van der Waals surface area contributed by atoms with E-state index in [0.29, 0.717) is 0 Å². The van der Waals surface area contributed by atoms with Crippen molar-refractivity contribution in [1.29, 1.82) is 0 Å². The van der Waals surface area contributed by atoms with E-state index in [4.69, 9.17) is 0 Å². The van der Waals surface area contributed by atoms with Crippen molar-refractivity contribution >= 4 is 7.37 Å². The summed E-state index contributed by atoms with van der Waals surface area (Å²) in [6, 6.07) is 0. The molecule has 0 unspecified atom stereocenters. The molecule has 0 aliphatic heterocycles. The molecule has 0 atom stereocenters. The SMILES string of the molecule is O=P([O-])(C(F)(F)F)C(F)(F)F.[Hg+]. The number of hydrogen-bond donors (Lipinski definition) is 0. The zero-order valence-corrected chi connectivity index (χ0v) is 11.6. The standard InChI is InChI=1S/C2HF6O2P.Hg/c3-1(4,5)11(9,10)2(6,7)8;/h(H,9,10);/q;+1/p-1. The Labute approximate surface area is 82.9 Å². The van der Waals surface area contributed by atoms with Gasteiger partial charge in [-0.2, -0.15) is 26.3 Å². The third-order valence-electron chi connectivity index (χ3n) is 0.668. The molecule has 1 radical (unpaired) electrons. The van der Waals surface area contributed by atoms with E-state index in [-0.39, 0.29) is 27.7 Å². The summed E-state index contributed by atoms with van der Waals surface area (Å²) in [7, 11) is -7.31. The van der Waals surface area contributed by atoms with Crippen molar-refractivity contribution in [2.24, 2.45) is 0 Å². The maximum atomic E-state index is 11.0. The van der Waals surface area contributed by atoms with E-state index in [0.717, 1.165) is 0 Å². The van der Waals surface area contributed by atoms with E-state index in [1.807, 2.05) is 0 Å². The van der Waals surface area contributed by atoms with Crippen LogP contribution in [0.2, 0.25) is 0 Å². The largest absolute Gasteiger partial charge is 1.00 e. The molecule has 69 valence electrons. The molecule has 0 fully saturated rings. The monoisotopic (exact) mass is 403 g/mol. The second-order valence-corrected chi connectivity index (χ2v) is 3.60. The van der Waals surface area contributed by atoms with Crippen molar-refractivity contribution in [1.82, 2.24) is 0 Å². The fourth-order valence-electron chi connectivity index (χ4n) is 0.144. The average Bonchev–Trinajstić information content (AvgIpc) is 1.58. The van der Waals surface area contributed by atoms with Crippen LogP contribution in [0.25, 0.3) is 0 Å². The van der Waals surface area contributed by atoms with Gasteiger partial charge in [0, 0.05) is 0 Å². The molecule has 0 aliphatic carbocycles. The molecule has 0 N–H and O–H groups in total. The molecule has 0 saturated carbocycles. The summed E-state index contributed by atoms with van der Waals surface area (Å²) in [5, 5.41) is 0. The minimum Gasteiger partial charge on any atom is -0.787 e. The summed E-state index contributed by atoms with van der Waals surface area (Å²) < 4.78 is 75.7. The molecular weight excluding hydrogens is 402 g/mol. The molecule has 0 bridgehead atoms. The fourth-order valence-corrected chi connectivity index (χ4v) is 0.431. The number of alkyl halides is 6. The van der Waals surface area contributed by atoms with Crippen molar-refractivity contribution in [3.8, 4) is 0 Å². The van der Waals surface area contributed by atoms with Crippen LogP contribution in [0, 0.1) is 0 Å². The van der Waals surface area contributed by atoms with Crippen molar-refractivity contribution in [2.45, 2.75) is 11.8 Å².